The fraction of sp³-hybridized carbons (Fsp3) is 0.364. The van der Waals surface area contributed by atoms with Gasteiger partial charge in [0.15, 0.2) is 0 Å². The Balaban J connectivity index is 3.37. The zero-order valence-electron chi connectivity index (χ0n) is 8.88. The highest BCUT2D eigenvalue weighted by atomic mass is 35.5. The molecular formula is C11H10ClF3O2. The van der Waals surface area contributed by atoms with Crippen LogP contribution in [0, 0.1) is 0 Å². The maximum Gasteiger partial charge on any atom is 0.416 e. The molecule has 1 N–H and O–H groups in total. The number of carboxylic acid groups (broad SMARTS) is 1. The molecule has 0 aliphatic heterocycles. The molecule has 0 spiro atoms. The third-order valence-electron chi connectivity index (χ3n) is 2.40. The van der Waals surface area contributed by atoms with E-state index in [9.17, 15) is 18.0 Å². The number of benzene rings is 1. The normalized spacial score (nSPS) is 13.5. The molecule has 94 valence electrons. The van der Waals surface area contributed by atoms with E-state index in [2.05, 4.69) is 0 Å². The molecule has 0 bridgehead atoms. The molecule has 0 aliphatic rings. The maximum atomic E-state index is 12.7. The van der Waals surface area contributed by atoms with Crippen LogP contribution in [0.2, 0.25) is 5.02 Å². The van der Waals surface area contributed by atoms with E-state index >= 15 is 0 Å². The van der Waals surface area contributed by atoms with Crippen molar-refractivity contribution < 1.29 is 23.1 Å². The van der Waals surface area contributed by atoms with Gasteiger partial charge in [0, 0.05) is 5.02 Å². The maximum absolute atomic E-state index is 12.7. The van der Waals surface area contributed by atoms with Crippen molar-refractivity contribution in [3.63, 3.8) is 0 Å². The number of aliphatic carboxylic acids is 1. The fourth-order valence-corrected chi connectivity index (χ4v) is 1.78. The van der Waals surface area contributed by atoms with Crippen LogP contribution in [0.5, 0.6) is 0 Å². The number of carboxylic acids is 1. The van der Waals surface area contributed by atoms with Crippen molar-refractivity contribution in [3.05, 3.63) is 34.3 Å². The van der Waals surface area contributed by atoms with Gasteiger partial charge in [0.1, 0.15) is 0 Å². The summed E-state index contributed by atoms with van der Waals surface area (Å²) in [4.78, 5) is 10.9. The van der Waals surface area contributed by atoms with Gasteiger partial charge in [-0.1, -0.05) is 24.6 Å². The smallest absolute Gasteiger partial charge is 0.416 e. The summed E-state index contributed by atoms with van der Waals surface area (Å²) in [7, 11) is 0. The Morgan fingerprint density at radius 2 is 2.06 bits per heavy atom. The van der Waals surface area contributed by atoms with E-state index in [1.54, 1.807) is 0 Å². The Morgan fingerprint density at radius 3 is 2.47 bits per heavy atom. The molecule has 0 saturated carbocycles. The standard InChI is InChI=1S/C11H10ClF3O2/c1-2-7(10(16)17)8-4-3-6(12)5-9(8)11(13,14)15/h3-5,7H,2H2,1H3,(H,16,17). The molecule has 0 amide bonds. The van der Waals surface area contributed by atoms with E-state index in [0.29, 0.717) is 0 Å². The molecular weight excluding hydrogens is 257 g/mol. The van der Waals surface area contributed by atoms with Crippen LogP contribution in [-0.2, 0) is 11.0 Å². The quantitative estimate of drug-likeness (QED) is 0.900. The summed E-state index contributed by atoms with van der Waals surface area (Å²) >= 11 is 5.50. The van der Waals surface area contributed by atoms with Crippen molar-refractivity contribution in [1.29, 1.82) is 0 Å². The number of halogens is 4. The largest absolute Gasteiger partial charge is 0.481 e. The minimum Gasteiger partial charge on any atom is -0.481 e. The molecule has 2 nitrogen and oxygen atoms in total. The van der Waals surface area contributed by atoms with Gasteiger partial charge in [-0.2, -0.15) is 13.2 Å². The number of carbonyl (C=O) groups is 1. The number of alkyl halides is 3. The lowest BCUT2D eigenvalue weighted by molar-refractivity contribution is -0.141. The highest BCUT2D eigenvalue weighted by molar-refractivity contribution is 6.30. The van der Waals surface area contributed by atoms with Crippen LogP contribution < -0.4 is 0 Å². The monoisotopic (exact) mass is 266 g/mol. The highest BCUT2D eigenvalue weighted by Gasteiger charge is 2.36. The molecule has 1 rings (SSSR count). The summed E-state index contributed by atoms with van der Waals surface area (Å²) in [6.45, 7) is 1.52. The average molecular weight is 267 g/mol. The van der Waals surface area contributed by atoms with E-state index in [0.717, 1.165) is 12.1 Å². The lowest BCUT2D eigenvalue weighted by Gasteiger charge is -2.17. The predicted octanol–water partition coefficient (Wildman–Crippen LogP) is 3.94. The summed E-state index contributed by atoms with van der Waals surface area (Å²) in [5, 5.41) is 8.82. The number of rotatable bonds is 3. The van der Waals surface area contributed by atoms with Crippen molar-refractivity contribution in [1.82, 2.24) is 0 Å². The van der Waals surface area contributed by atoms with E-state index in [1.165, 1.54) is 13.0 Å². The van der Waals surface area contributed by atoms with Gasteiger partial charge in [-0.3, -0.25) is 4.79 Å². The predicted molar refractivity (Wildman–Crippen MR) is 57.1 cm³/mol. The minimum absolute atomic E-state index is 0.0682. The van der Waals surface area contributed by atoms with Gasteiger partial charge in [-0.25, -0.2) is 0 Å². The molecule has 1 aromatic carbocycles. The lowest BCUT2D eigenvalue weighted by Crippen LogP contribution is -2.17. The molecule has 0 saturated heterocycles. The Morgan fingerprint density at radius 1 is 1.47 bits per heavy atom. The Labute approximate surface area is 101 Å². The van der Waals surface area contributed by atoms with Crippen LogP contribution >= 0.6 is 11.6 Å². The summed E-state index contributed by atoms with van der Waals surface area (Å²) in [5.41, 5.74) is -1.24. The average Bonchev–Trinajstić information content (AvgIpc) is 2.19. The van der Waals surface area contributed by atoms with E-state index in [-0.39, 0.29) is 17.0 Å². The number of hydrogen-bond donors (Lipinski definition) is 1. The van der Waals surface area contributed by atoms with Crippen LogP contribution in [-0.4, -0.2) is 11.1 Å². The molecule has 0 fully saturated rings. The highest BCUT2D eigenvalue weighted by Crippen LogP contribution is 2.37. The first-order valence-corrected chi connectivity index (χ1v) is 5.24. The van der Waals surface area contributed by atoms with Crippen molar-refractivity contribution in [2.75, 3.05) is 0 Å². The second kappa shape index (κ2) is 4.96. The summed E-state index contributed by atoms with van der Waals surface area (Å²) < 4.78 is 38.2. The molecule has 1 unspecified atom stereocenters. The molecule has 1 atom stereocenters. The second-order valence-electron chi connectivity index (χ2n) is 3.53. The molecule has 0 heterocycles. The summed E-state index contributed by atoms with van der Waals surface area (Å²) in [6, 6.07) is 3.13. The van der Waals surface area contributed by atoms with Crippen LogP contribution in [0.1, 0.15) is 30.4 Å². The summed E-state index contributed by atoms with van der Waals surface area (Å²) in [6.07, 6.45) is -4.52. The van der Waals surface area contributed by atoms with Crippen LogP contribution in [0.3, 0.4) is 0 Å². The van der Waals surface area contributed by atoms with E-state index in [4.69, 9.17) is 16.7 Å². The SMILES string of the molecule is CCC(C(=O)O)c1ccc(Cl)cc1C(F)(F)F. The Bertz CT molecular complexity index is 429. The third-order valence-corrected chi connectivity index (χ3v) is 2.64. The Hall–Kier alpha value is -1.23. The van der Waals surface area contributed by atoms with Gasteiger partial charge in [0.25, 0.3) is 0 Å². The van der Waals surface area contributed by atoms with Gasteiger partial charge in [0.05, 0.1) is 11.5 Å². The Kier molecular flexibility index (Phi) is 4.03. The zero-order chi connectivity index (χ0) is 13.2. The molecule has 17 heavy (non-hydrogen) atoms. The van der Waals surface area contributed by atoms with Crippen molar-refractivity contribution in [2.45, 2.75) is 25.4 Å². The first-order chi connectivity index (χ1) is 7.77. The van der Waals surface area contributed by atoms with Gasteiger partial charge in [-0.05, 0) is 24.1 Å². The van der Waals surface area contributed by atoms with Gasteiger partial charge >= 0.3 is 12.1 Å². The molecule has 0 aromatic heterocycles. The topological polar surface area (TPSA) is 37.3 Å². The van der Waals surface area contributed by atoms with Gasteiger partial charge < -0.3 is 5.11 Å². The molecule has 0 aliphatic carbocycles. The zero-order valence-corrected chi connectivity index (χ0v) is 9.64. The second-order valence-corrected chi connectivity index (χ2v) is 3.96. The van der Waals surface area contributed by atoms with Crippen molar-refractivity contribution in [3.8, 4) is 0 Å². The minimum atomic E-state index is -4.61. The van der Waals surface area contributed by atoms with Crippen molar-refractivity contribution >= 4 is 17.6 Å². The first kappa shape index (κ1) is 13.8. The number of hydrogen-bond acceptors (Lipinski definition) is 1. The van der Waals surface area contributed by atoms with Crippen LogP contribution in [0.4, 0.5) is 13.2 Å². The third kappa shape index (κ3) is 3.12. The fourth-order valence-electron chi connectivity index (χ4n) is 1.61. The van der Waals surface area contributed by atoms with Crippen LogP contribution in [0.15, 0.2) is 18.2 Å². The van der Waals surface area contributed by atoms with E-state index < -0.39 is 23.6 Å². The molecule has 1 aromatic rings. The molecule has 6 heteroatoms. The molecule has 0 radical (unpaired) electrons. The first-order valence-electron chi connectivity index (χ1n) is 4.86. The van der Waals surface area contributed by atoms with Gasteiger partial charge in [-0.15, -0.1) is 0 Å². The van der Waals surface area contributed by atoms with Crippen LogP contribution in [0.25, 0.3) is 0 Å². The summed E-state index contributed by atoms with van der Waals surface area (Å²) in [5.74, 6) is -2.45. The van der Waals surface area contributed by atoms with E-state index in [1.807, 2.05) is 0 Å². The van der Waals surface area contributed by atoms with Crippen molar-refractivity contribution in [2.24, 2.45) is 0 Å². The van der Waals surface area contributed by atoms with Gasteiger partial charge in [0.2, 0.25) is 0 Å². The lowest BCUT2D eigenvalue weighted by atomic mass is 9.92.